The van der Waals surface area contributed by atoms with Crippen molar-refractivity contribution in [2.45, 2.75) is 25.3 Å². The maximum Gasteiger partial charge on any atom is 0.271 e. The maximum atomic E-state index is 11.8. The summed E-state index contributed by atoms with van der Waals surface area (Å²) in [5, 5.41) is 6.21. The van der Waals surface area contributed by atoms with Gasteiger partial charge in [-0.25, -0.2) is 4.98 Å². The van der Waals surface area contributed by atoms with Gasteiger partial charge in [0.05, 0.1) is 6.20 Å². The lowest BCUT2D eigenvalue weighted by Gasteiger charge is -2.15. The van der Waals surface area contributed by atoms with Gasteiger partial charge in [0.1, 0.15) is 5.69 Å². The SMILES string of the molecule is O=C(NC1CCCNCC1)c1c[nH]c(=O)cn1. The molecule has 1 amide bonds. The molecule has 0 saturated carbocycles. The van der Waals surface area contributed by atoms with E-state index in [2.05, 4.69) is 20.6 Å². The topological polar surface area (TPSA) is 86.9 Å². The number of nitrogens with one attached hydrogen (secondary N) is 3. The number of hydrogen-bond acceptors (Lipinski definition) is 4. The number of aromatic amines is 1. The van der Waals surface area contributed by atoms with Crippen molar-refractivity contribution in [3.63, 3.8) is 0 Å². The molecule has 1 unspecified atom stereocenters. The normalized spacial score (nSPS) is 20.6. The van der Waals surface area contributed by atoms with Crippen LogP contribution in [0.3, 0.4) is 0 Å². The van der Waals surface area contributed by atoms with Crippen LogP contribution in [0, 0.1) is 0 Å². The smallest absolute Gasteiger partial charge is 0.271 e. The molecule has 2 rings (SSSR count). The molecule has 0 bridgehead atoms. The number of H-pyrrole nitrogens is 1. The van der Waals surface area contributed by atoms with E-state index in [-0.39, 0.29) is 23.2 Å². The quantitative estimate of drug-likeness (QED) is 0.654. The molecule has 1 saturated heterocycles. The average molecular weight is 236 g/mol. The van der Waals surface area contributed by atoms with Crippen molar-refractivity contribution in [2.24, 2.45) is 0 Å². The summed E-state index contributed by atoms with van der Waals surface area (Å²) in [6, 6.07) is 0.186. The minimum atomic E-state index is -0.305. The van der Waals surface area contributed by atoms with E-state index >= 15 is 0 Å². The monoisotopic (exact) mass is 236 g/mol. The lowest BCUT2D eigenvalue weighted by atomic mass is 10.1. The predicted molar refractivity (Wildman–Crippen MR) is 62.8 cm³/mol. The lowest BCUT2D eigenvalue weighted by Crippen LogP contribution is -2.36. The van der Waals surface area contributed by atoms with E-state index in [1.807, 2.05) is 0 Å². The van der Waals surface area contributed by atoms with Crippen molar-refractivity contribution >= 4 is 5.91 Å². The second-order valence-corrected chi connectivity index (χ2v) is 4.15. The number of rotatable bonds is 2. The zero-order valence-electron chi connectivity index (χ0n) is 9.53. The Hall–Kier alpha value is -1.69. The van der Waals surface area contributed by atoms with Crippen molar-refractivity contribution in [3.05, 3.63) is 28.4 Å². The van der Waals surface area contributed by atoms with Crippen molar-refractivity contribution in [3.8, 4) is 0 Å². The fourth-order valence-corrected chi connectivity index (χ4v) is 1.89. The summed E-state index contributed by atoms with van der Waals surface area (Å²) in [5.74, 6) is -0.229. The number of aromatic nitrogens is 2. The molecule has 1 fully saturated rings. The Bertz CT molecular complexity index is 415. The van der Waals surface area contributed by atoms with E-state index in [4.69, 9.17) is 0 Å². The molecule has 92 valence electrons. The van der Waals surface area contributed by atoms with E-state index in [1.165, 1.54) is 6.20 Å². The van der Waals surface area contributed by atoms with E-state index in [1.54, 1.807) is 0 Å². The van der Waals surface area contributed by atoms with Crippen LogP contribution < -0.4 is 16.2 Å². The second-order valence-electron chi connectivity index (χ2n) is 4.15. The molecule has 0 radical (unpaired) electrons. The highest BCUT2D eigenvalue weighted by Gasteiger charge is 2.16. The largest absolute Gasteiger partial charge is 0.348 e. The van der Waals surface area contributed by atoms with Crippen molar-refractivity contribution < 1.29 is 4.79 Å². The molecule has 17 heavy (non-hydrogen) atoms. The van der Waals surface area contributed by atoms with Crippen LogP contribution in [0.25, 0.3) is 0 Å². The van der Waals surface area contributed by atoms with Gasteiger partial charge >= 0.3 is 0 Å². The number of carbonyl (C=O) groups is 1. The van der Waals surface area contributed by atoms with E-state index in [0.717, 1.165) is 38.5 Å². The Kier molecular flexibility index (Phi) is 3.87. The highest BCUT2D eigenvalue weighted by atomic mass is 16.2. The van der Waals surface area contributed by atoms with Gasteiger partial charge in [0.15, 0.2) is 0 Å². The van der Waals surface area contributed by atoms with Crippen LogP contribution in [0.1, 0.15) is 29.8 Å². The molecule has 1 atom stereocenters. The van der Waals surface area contributed by atoms with E-state index in [0.29, 0.717) is 0 Å². The molecule has 0 aliphatic carbocycles. The van der Waals surface area contributed by atoms with Gasteiger partial charge in [0, 0.05) is 12.2 Å². The number of amides is 1. The first kappa shape index (κ1) is 11.8. The summed E-state index contributed by atoms with van der Waals surface area (Å²) in [4.78, 5) is 28.9. The van der Waals surface area contributed by atoms with E-state index < -0.39 is 0 Å². The third-order valence-electron chi connectivity index (χ3n) is 2.82. The standard InChI is InChI=1S/C11H16N4O2/c16-10-7-13-9(6-14-10)11(17)15-8-2-1-4-12-5-3-8/h6-8,12H,1-5H2,(H,14,16)(H,15,17). The van der Waals surface area contributed by atoms with Crippen molar-refractivity contribution in [1.29, 1.82) is 0 Å². The summed E-state index contributed by atoms with van der Waals surface area (Å²) in [6.07, 6.45) is 5.41. The highest BCUT2D eigenvalue weighted by molar-refractivity contribution is 5.92. The van der Waals surface area contributed by atoms with Crippen molar-refractivity contribution in [2.75, 3.05) is 13.1 Å². The van der Waals surface area contributed by atoms with Gasteiger partial charge in [-0.2, -0.15) is 0 Å². The minimum Gasteiger partial charge on any atom is -0.348 e. The fourth-order valence-electron chi connectivity index (χ4n) is 1.89. The predicted octanol–water partition coefficient (Wildman–Crippen LogP) is -0.358. The van der Waals surface area contributed by atoms with Crippen LogP contribution in [-0.2, 0) is 0 Å². The third-order valence-corrected chi connectivity index (χ3v) is 2.82. The first-order valence-corrected chi connectivity index (χ1v) is 5.82. The Morgan fingerprint density at radius 2 is 2.29 bits per heavy atom. The molecular formula is C11H16N4O2. The minimum absolute atomic E-state index is 0.186. The molecule has 1 aromatic rings. The summed E-state index contributed by atoms with van der Waals surface area (Å²) < 4.78 is 0. The van der Waals surface area contributed by atoms with Crippen LogP contribution in [-0.4, -0.2) is 35.0 Å². The van der Waals surface area contributed by atoms with Gasteiger partial charge in [-0.1, -0.05) is 0 Å². The van der Waals surface area contributed by atoms with Crippen LogP contribution >= 0.6 is 0 Å². The Labute approximate surface area is 98.8 Å². The average Bonchev–Trinajstić information content (AvgIpc) is 2.58. The first-order valence-electron chi connectivity index (χ1n) is 5.82. The molecule has 1 aromatic heterocycles. The van der Waals surface area contributed by atoms with Gasteiger partial charge in [0.2, 0.25) is 0 Å². The van der Waals surface area contributed by atoms with Crippen molar-refractivity contribution in [1.82, 2.24) is 20.6 Å². The van der Waals surface area contributed by atoms with Gasteiger partial charge in [-0.15, -0.1) is 0 Å². The Balaban J connectivity index is 1.95. The fraction of sp³-hybridized carbons (Fsp3) is 0.545. The molecule has 3 N–H and O–H groups in total. The summed E-state index contributed by atoms with van der Waals surface area (Å²) in [7, 11) is 0. The molecular weight excluding hydrogens is 220 g/mol. The van der Waals surface area contributed by atoms with Gasteiger partial charge in [0.25, 0.3) is 11.5 Å². The molecule has 6 nitrogen and oxygen atoms in total. The molecule has 2 heterocycles. The first-order chi connectivity index (χ1) is 8.25. The number of carbonyl (C=O) groups excluding carboxylic acids is 1. The second kappa shape index (κ2) is 5.58. The zero-order chi connectivity index (χ0) is 12.1. The highest BCUT2D eigenvalue weighted by Crippen LogP contribution is 2.05. The molecule has 0 aromatic carbocycles. The zero-order valence-corrected chi connectivity index (χ0v) is 9.53. The third kappa shape index (κ3) is 3.39. The van der Waals surface area contributed by atoms with Crippen LogP contribution in [0.2, 0.25) is 0 Å². The molecule has 1 aliphatic rings. The summed E-state index contributed by atoms with van der Waals surface area (Å²) >= 11 is 0. The molecule has 1 aliphatic heterocycles. The van der Waals surface area contributed by atoms with Crippen LogP contribution in [0.15, 0.2) is 17.2 Å². The van der Waals surface area contributed by atoms with Gasteiger partial charge in [-0.3, -0.25) is 9.59 Å². The Morgan fingerprint density at radius 3 is 3.06 bits per heavy atom. The number of nitrogens with zero attached hydrogens (tertiary/aromatic N) is 1. The van der Waals surface area contributed by atoms with Gasteiger partial charge in [-0.05, 0) is 32.4 Å². The summed E-state index contributed by atoms with van der Waals surface area (Å²) in [5.41, 5.74) is -0.0537. The summed E-state index contributed by atoms with van der Waals surface area (Å²) in [6.45, 7) is 1.92. The lowest BCUT2D eigenvalue weighted by molar-refractivity contribution is 0.0928. The maximum absolute atomic E-state index is 11.8. The number of hydrogen-bond donors (Lipinski definition) is 3. The Morgan fingerprint density at radius 1 is 1.41 bits per heavy atom. The molecule has 6 heteroatoms. The van der Waals surface area contributed by atoms with Crippen LogP contribution in [0.4, 0.5) is 0 Å². The van der Waals surface area contributed by atoms with E-state index in [9.17, 15) is 9.59 Å². The molecule has 0 spiro atoms. The van der Waals surface area contributed by atoms with Gasteiger partial charge < -0.3 is 15.6 Å². The van der Waals surface area contributed by atoms with Crippen LogP contribution in [0.5, 0.6) is 0 Å².